The summed E-state index contributed by atoms with van der Waals surface area (Å²) in [6.45, 7) is 1.82. The lowest BCUT2D eigenvalue weighted by atomic mass is 10.0. The van der Waals surface area contributed by atoms with Crippen molar-refractivity contribution in [2.45, 2.75) is 6.92 Å². The first-order chi connectivity index (χ1) is 8.08. The summed E-state index contributed by atoms with van der Waals surface area (Å²) in [5.41, 5.74) is 1.52. The predicted molar refractivity (Wildman–Crippen MR) is 62.0 cm³/mol. The minimum absolute atomic E-state index is 0.0145. The number of carbonyl (C=O) groups is 1. The molecule has 0 aliphatic rings. The van der Waals surface area contributed by atoms with Gasteiger partial charge < -0.3 is 10.1 Å². The van der Waals surface area contributed by atoms with Crippen molar-refractivity contribution in [2.75, 3.05) is 0 Å². The van der Waals surface area contributed by atoms with Gasteiger partial charge in [0, 0.05) is 29.7 Å². The van der Waals surface area contributed by atoms with E-state index in [4.69, 9.17) is 5.11 Å². The monoisotopic (exact) mass is 230 g/mol. The Hall–Kier alpha value is -2.43. The molecule has 0 fully saturated rings. The Bertz CT molecular complexity index is 632. The first-order valence-corrected chi connectivity index (χ1v) is 4.97. The van der Waals surface area contributed by atoms with E-state index in [2.05, 4.69) is 9.97 Å². The zero-order valence-corrected chi connectivity index (χ0v) is 9.10. The lowest BCUT2D eigenvalue weighted by molar-refractivity contribution is 0.0697. The number of pyridine rings is 2. The van der Waals surface area contributed by atoms with Crippen LogP contribution in [-0.4, -0.2) is 21.0 Å². The fourth-order valence-corrected chi connectivity index (χ4v) is 1.60. The number of aryl methyl sites for hydroxylation is 1. The minimum Gasteiger partial charge on any atom is -0.478 e. The molecule has 0 spiro atoms. The molecule has 0 amide bonds. The summed E-state index contributed by atoms with van der Waals surface area (Å²) in [7, 11) is 0. The third-order valence-electron chi connectivity index (χ3n) is 2.36. The fourth-order valence-electron chi connectivity index (χ4n) is 1.60. The topological polar surface area (TPSA) is 83.0 Å². The number of nitrogens with one attached hydrogen (secondary N) is 1. The van der Waals surface area contributed by atoms with Gasteiger partial charge in [0.05, 0.1) is 5.56 Å². The molecule has 0 aliphatic carbocycles. The van der Waals surface area contributed by atoms with Gasteiger partial charge in [0.2, 0.25) is 5.56 Å². The summed E-state index contributed by atoms with van der Waals surface area (Å²) in [4.78, 5) is 28.7. The summed E-state index contributed by atoms with van der Waals surface area (Å²) < 4.78 is 0. The van der Waals surface area contributed by atoms with E-state index >= 15 is 0 Å². The van der Waals surface area contributed by atoms with Crippen LogP contribution in [0.5, 0.6) is 0 Å². The van der Waals surface area contributed by atoms with Crippen molar-refractivity contribution in [2.24, 2.45) is 0 Å². The van der Waals surface area contributed by atoms with Gasteiger partial charge in [0.1, 0.15) is 0 Å². The first-order valence-electron chi connectivity index (χ1n) is 4.97. The SMILES string of the molecule is Cc1cc(-c2c[nH]c(=O)cc2C(=O)O)ccn1. The average molecular weight is 230 g/mol. The summed E-state index contributed by atoms with van der Waals surface area (Å²) in [6.07, 6.45) is 3.00. The van der Waals surface area contributed by atoms with Gasteiger partial charge in [-0.3, -0.25) is 9.78 Å². The van der Waals surface area contributed by atoms with Gasteiger partial charge in [-0.05, 0) is 24.6 Å². The molecule has 86 valence electrons. The normalized spacial score (nSPS) is 10.2. The van der Waals surface area contributed by atoms with Crippen molar-refractivity contribution >= 4 is 5.97 Å². The molecule has 2 rings (SSSR count). The smallest absolute Gasteiger partial charge is 0.336 e. The van der Waals surface area contributed by atoms with Crippen LogP contribution < -0.4 is 5.56 Å². The number of H-pyrrole nitrogens is 1. The number of nitrogens with zero attached hydrogens (tertiary/aromatic N) is 1. The zero-order chi connectivity index (χ0) is 12.4. The maximum Gasteiger partial charge on any atom is 0.336 e. The van der Waals surface area contributed by atoms with Crippen LogP contribution in [0.3, 0.4) is 0 Å². The number of aromatic carboxylic acids is 1. The third kappa shape index (κ3) is 2.23. The predicted octanol–water partition coefficient (Wildman–Crippen LogP) is 1.44. The second-order valence-corrected chi connectivity index (χ2v) is 3.62. The molecule has 2 aromatic rings. The maximum absolute atomic E-state index is 11.1. The highest BCUT2D eigenvalue weighted by Crippen LogP contribution is 2.21. The Kier molecular flexibility index (Phi) is 2.74. The van der Waals surface area contributed by atoms with Gasteiger partial charge in [-0.2, -0.15) is 0 Å². The number of hydrogen-bond donors (Lipinski definition) is 2. The molecule has 2 N–H and O–H groups in total. The number of aromatic nitrogens is 2. The highest BCUT2D eigenvalue weighted by Gasteiger charge is 2.12. The molecule has 0 radical (unpaired) electrons. The largest absolute Gasteiger partial charge is 0.478 e. The Balaban J connectivity index is 2.67. The van der Waals surface area contributed by atoms with Gasteiger partial charge in [0.25, 0.3) is 0 Å². The van der Waals surface area contributed by atoms with Crippen LogP contribution in [0.1, 0.15) is 16.1 Å². The second kappa shape index (κ2) is 4.21. The molecule has 0 aromatic carbocycles. The molecule has 2 heterocycles. The molecular weight excluding hydrogens is 220 g/mol. The zero-order valence-electron chi connectivity index (χ0n) is 9.10. The highest BCUT2D eigenvalue weighted by atomic mass is 16.4. The Morgan fingerprint density at radius 1 is 1.41 bits per heavy atom. The van der Waals surface area contributed by atoms with Crippen molar-refractivity contribution in [1.82, 2.24) is 9.97 Å². The molecular formula is C12H10N2O3. The molecule has 5 heteroatoms. The van der Waals surface area contributed by atoms with E-state index in [9.17, 15) is 9.59 Å². The van der Waals surface area contributed by atoms with Crippen LogP contribution in [0.15, 0.2) is 35.4 Å². The van der Waals surface area contributed by atoms with E-state index in [1.807, 2.05) is 6.92 Å². The van der Waals surface area contributed by atoms with Crippen LogP contribution >= 0.6 is 0 Å². The van der Waals surface area contributed by atoms with Crippen molar-refractivity contribution in [3.8, 4) is 11.1 Å². The van der Waals surface area contributed by atoms with Crippen molar-refractivity contribution in [3.05, 3.63) is 52.2 Å². The molecule has 0 saturated carbocycles. The average Bonchev–Trinajstić information content (AvgIpc) is 2.28. The van der Waals surface area contributed by atoms with Crippen LogP contribution in [0.2, 0.25) is 0 Å². The number of carboxylic acid groups (broad SMARTS) is 1. The summed E-state index contributed by atoms with van der Waals surface area (Å²) in [5.74, 6) is -1.12. The van der Waals surface area contributed by atoms with E-state index in [1.165, 1.54) is 6.20 Å². The van der Waals surface area contributed by atoms with E-state index in [1.54, 1.807) is 18.3 Å². The van der Waals surface area contributed by atoms with Gasteiger partial charge in [-0.15, -0.1) is 0 Å². The maximum atomic E-state index is 11.1. The first kappa shape index (κ1) is 11.1. The number of hydrogen-bond acceptors (Lipinski definition) is 3. The van der Waals surface area contributed by atoms with Crippen LogP contribution in [-0.2, 0) is 0 Å². The minimum atomic E-state index is -1.12. The number of aromatic amines is 1. The van der Waals surface area contributed by atoms with Crippen molar-refractivity contribution in [1.29, 1.82) is 0 Å². The molecule has 0 unspecified atom stereocenters. The molecule has 0 bridgehead atoms. The molecule has 0 saturated heterocycles. The lowest BCUT2D eigenvalue weighted by Gasteiger charge is -2.05. The van der Waals surface area contributed by atoms with E-state index in [0.29, 0.717) is 11.1 Å². The van der Waals surface area contributed by atoms with Gasteiger partial charge in [-0.1, -0.05) is 0 Å². The van der Waals surface area contributed by atoms with Crippen molar-refractivity contribution in [3.63, 3.8) is 0 Å². The van der Waals surface area contributed by atoms with Crippen molar-refractivity contribution < 1.29 is 9.90 Å². The van der Waals surface area contributed by atoms with Crippen LogP contribution in [0.4, 0.5) is 0 Å². The van der Waals surface area contributed by atoms with E-state index in [0.717, 1.165) is 11.8 Å². The van der Waals surface area contributed by atoms with Gasteiger partial charge >= 0.3 is 5.97 Å². The Morgan fingerprint density at radius 2 is 2.18 bits per heavy atom. The standard InChI is InChI=1S/C12H10N2O3/c1-7-4-8(2-3-13-7)10-6-14-11(15)5-9(10)12(16)17/h2-6H,1H3,(H,14,15)(H,16,17). The number of rotatable bonds is 2. The Morgan fingerprint density at radius 3 is 2.82 bits per heavy atom. The van der Waals surface area contributed by atoms with Gasteiger partial charge in [0.15, 0.2) is 0 Å². The molecule has 17 heavy (non-hydrogen) atoms. The summed E-state index contributed by atoms with van der Waals surface area (Å²) in [5, 5.41) is 9.05. The summed E-state index contributed by atoms with van der Waals surface area (Å²) >= 11 is 0. The molecule has 0 atom stereocenters. The summed E-state index contributed by atoms with van der Waals surface area (Å²) in [6, 6.07) is 4.54. The highest BCUT2D eigenvalue weighted by molar-refractivity contribution is 5.95. The fraction of sp³-hybridized carbons (Fsp3) is 0.0833. The molecule has 2 aromatic heterocycles. The third-order valence-corrected chi connectivity index (χ3v) is 2.36. The second-order valence-electron chi connectivity index (χ2n) is 3.62. The van der Waals surface area contributed by atoms with Gasteiger partial charge in [-0.25, -0.2) is 4.79 Å². The van der Waals surface area contributed by atoms with Crippen LogP contribution in [0.25, 0.3) is 11.1 Å². The molecule has 0 aliphatic heterocycles. The quantitative estimate of drug-likeness (QED) is 0.817. The van der Waals surface area contributed by atoms with Crippen LogP contribution in [0, 0.1) is 6.92 Å². The van der Waals surface area contributed by atoms with E-state index in [-0.39, 0.29) is 5.56 Å². The lowest BCUT2D eigenvalue weighted by Crippen LogP contribution is -2.10. The number of carboxylic acids is 1. The Labute approximate surface area is 96.8 Å². The molecule has 5 nitrogen and oxygen atoms in total. The van der Waals surface area contributed by atoms with E-state index < -0.39 is 11.5 Å².